The van der Waals surface area contributed by atoms with Gasteiger partial charge < -0.3 is 5.32 Å². The van der Waals surface area contributed by atoms with Crippen LogP contribution in [-0.4, -0.2) is 0 Å². The van der Waals surface area contributed by atoms with Gasteiger partial charge in [0.2, 0.25) is 0 Å². The zero-order valence-corrected chi connectivity index (χ0v) is 12.4. The van der Waals surface area contributed by atoms with E-state index >= 15 is 0 Å². The number of benzene rings is 2. The third-order valence-corrected chi connectivity index (χ3v) is 3.71. The minimum atomic E-state index is -0.684. The van der Waals surface area contributed by atoms with Gasteiger partial charge in [-0.1, -0.05) is 23.7 Å². The molecule has 0 aliphatic rings. The zero-order chi connectivity index (χ0) is 14.9. The van der Waals surface area contributed by atoms with Crippen molar-refractivity contribution in [2.45, 2.75) is 27.3 Å². The van der Waals surface area contributed by atoms with Crippen LogP contribution in [0.3, 0.4) is 0 Å². The average molecular weight is 296 g/mol. The van der Waals surface area contributed by atoms with Crippen LogP contribution in [-0.2, 0) is 6.54 Å². The Bertz CT molecular complexity index is 630. The minimum absolute atomic E-state index is 0.0454. The Balaban J connectivity index is 2.23. The Hall–Kier alpha value is -1.61. The van der Waals surface area contributed by atoms with Gasteiger partial charge in [0.15, 0.2) is 5.82 Å². The molecule has 0 saturated heterocycles. The van der Waals surface area contributed by atoms with E-state index in [2.05, 4.69) is 24.4 Å². The molecule has 2 rings (SSSR count). The summed E-state index contributed by atoms with van der Waals surface area (Å²) < 4.78 is 26.7. The van der Waals surface area contributed by atoms with Gasteiger partial charge in [0.05, 0.1) is 10.7 Å². The maximum atomic E-state index is 13.7. The van der Waals surface area contributed by atoms with Gasteiger partial charge >= 0.3 is 0 Å². The van der Waals surface area contributed by atoms with Crippen LogP contribution in [0.4, 0.5) is 14.5 Å². The molecule has 0 aliphatic carbocycles. The van der Waals surface area contributed by atoms with Crippen molar-refractivity contribution in [3.8, 4) is 0 Å². The lowest BCUT2D eigenvalue weighted by molar-refractivity contribution is 0.585. The second-order valence-corrected chi connectivity index (χ2v) is 5.37. The van der Waals surface area contributed by atoms with E-state index in [4.69, 9.17) is 11.6 Å². The maximum Gasteiger partial charge on any atom is 0.150 e. The van der Waals surface area contributed by atoms with Crippen molar-refractivity contribution in [2.75, 3.05) is 5.32 Å². The molecule has 20 heavy (non-hydrogen) atoms. The summed E-state index contributed by atoms with van der Waals surface area (Å²) in [6.45, 7) is 6.53. The molecule has 0 aliphatic heterocycles. The molecule has 0 heterocycles. The Labute approximate surface area is 122 Å². The van der Waals surface area contributed by atoms with Crippen molar-refractivity contribution in [3.63, 3.8) is 0 Å². The second-order valence-electron chi connectivity index (χ2n) is 4.96. The molecule has 0 amide bonds. The van der Waals surface area contributed by atoms with Crippen LogP contribution in [0.2, 0.25) is 5.02 Å². The highest BCUT2D eigenvalue weighted by molar-refractivity contribution is 6.33. The van der Waals surface area contributed by atoms with Gasteiger partial charge in [0, 0.05) is 12.6 Å². The molecular formula is C16H16ClF2N. The van der Waals surface area contributed by atoms with E-state index in [1.165, 1.54) is 11.1 Å². The van der Waals surface area contributed by atoms with E-state index in [9.17, 15) is 8.78 Å². The van der Waals surface area contributed by atoms with Crippen molar-refractivity contribution in [2.24, 2.45) is 0 Å². The van der Waals surface area contributed by atoms with Crippen LogP contribution in [0.1, 0.15) is 22.3 Å². The van der Waals surface area contributed by atoms with Crippen LogP contribution in [0.5, 0.6) is 0 Å². The third kappa shape index (κ3) is 3.10. The van der Waals surface area contributed by atoms with Gasteiger partial charge in [-0.2, -0.15) is 0 Å². The molecule has 0 unspecified atom stereocenters. The summed E-state index contributed by atoms with van der Waals surface area (Å²) in [7, 11) is 0. The molecule has 0 spiro atoms. The highest BCUT2D eigenvalue weighted by atomic mass is 35.5. The number of halogens is 3. The first-order chi connectivity index (χ1) is 9.38. The average Bonchev–Trinajstić information content (AvgIpc) is 2.33. The summed E-state index contributed by atoms with van der Waals surface area (Å²) in [5.41, 5.74) is 4.72. The number of rotatable bonds is 3. The summed E-state index contributed by atoms with van der Waals surface area (Å²) >= 11 is 5.85. The fraction of sp³-hybridized carbons (Fsp3) is 0.250. The van der Waals surface area contributed by atoms with E-state index in [-0.39, 0.29) is 10.7 Å². The van der Waals surface area contributed by atoms with Crippen molar-refractivity contribution < 1.29 is 8.78 Å². The molecule has 2 aromatic rings. The smallest absolute Gasteiger partial charge is 0.150 e. The maximum absolute atomic E-state index is 13.7. The van der Waals surface area contributed by atoms with Gasteiger partial charge in [-0.15, -0.1) is 0 Å². The third-order valence-electron chi connectivity index (χ3n) is 3.41. The Morgan fingerprint density at radius 2 is 1.60 bits per heavy atom. The molecule has 2 aromatic carbocycles. The quantitative estimate of drug-likeness (QED) is 0.825. The summed E-state index contributed by atoms with van der Waals surface area (Å²) in [5, 5.41) is 2.98. The van der Waals surface area contributed by atoms with E-state index in [0.29, 0.717) is 6.54 Å². The van der Waals surface area contributed by atoms with E-state index in [0.717, 1.165) is 23.3 Å². The van der Waals surface area contributed by atoms with Crippen LogP contribution in [0, 0.1) is 32.4 Å². The van der Waals surface area contributed by atoms with Crippen LogP contribution in [0.25, 0.3) is 0 Å². The van der Waals surface area contributed by atoms with Gasteiger partial charge in [-0.25, -0.2) is 8.78 Å². The number of anilines is 1. The lowest BCUT2D eigenvalue weighted by Crippen LogP contribution is -2.05. The Morgan fingerprint density at radius 3 is 2.25 bits per heavy atom. The standard InChI is InChI=1S/C16H16ClF2N/c1-9-4-11(3)12(5-10(9)2)8-20-16-14(17)6-13(18)7-15(16)19/h4-7,20H,8H2,1-3H3. The largest absolute Gasteiger partial charge is 0.377 e. The van der Waals surface area contributed by atoms with Gasteiger partial charge in [0.1, 0.15) is 5.82 Å². The second kappa shape index (κ2) is 5.80. The highest BCUT2D eigenvalue weighted by Gasteiger charge is 2.10. The number of hydrogen-bond donors (Lipinski definition) is 1. The highest BCUT2D eigenvalue weighted by Crippen LogP contribution is 2.27. The molecule has 0 saturated carbocycles. The molecule has 106 valence electrons. The number of aryl methyl sites for hydroxylation is 3. The van der Waals surface area contributed by atoms with Gasteiger partial charge in [-0.3, -0.25) is 0 Å². The van der Waals surface area contributed by atoms with E-state index < -0.39 is 11.6 Å². The summed E-state index contributed by atoms with van der Waals surface area (Å²) in [6.07, 6.45) is 0. The molecule has 0 fully saturated rings. The predicted octanol–water partition coefficient (Wildman–Crippen LogP) is 5.16. The van der Waals surface area contributed by atoms with Crippen LogP contribution in [0.15, 0.2) is 24.3 Å². The van der Waals surface area contributed by atoms with E-state index in [1.807, 2.05) is 13.8 Å². The first-order valence-electron chi connectivity index (χ1n) is 6.33. The Morgan fingerprint density at radius 1 is 0.950 bits per heavy atom. The summed E-state index contributed by atoms with van der Waals surface area (Å²) in [6, 6.07) is 6.07. The van der Waals surface area contributed by atoms with Crippen molar-refractivity contribution >= 4 is 17.3 Å². The van der Waals surface area contributed by atoms with Gasteiger partial charge in [-0.05, 0) is 49.1 Å². The normalized spacial score (nSPS) is 10.7. The molecule has 0 bridgehead atoms. The number of nitrogens with one attached hydrogen (secondary N) is 1. The minimum Gasteiger partial charge on any atom is -0.377 e. The molecular weight excluding hydrogens is 280 g/mol. The monoisotopic (exact) mass is 295 g/mol. The van der Waals surface area contributed by atoms with Crippen molar-refractivity contribution in [3.05, 3.63) is 63.2 Å². The fourth-order valence-corrected chi connectivity index (χ4v) is 2.37. The SMILES string of the molecule is Cc1cc(C)c(CNc2c(F)cc(F)cc2Cl)cc1C. The molecule has 1 nitrogen and oxygen atoms in total. The first kappa shape index (κ1) is 14.8. The van der Waals surface area contributed by atoms with Crippen LogP contribution < -0.4 is 5.32 Å². The molecule has 0 radical (unpaired) electrons. The Kier molecular flexibility index (Phi) is 4.29. The van der Waals surface area contributed by atoms with Crippen LogP contribution >= 0.6 is 11.6 Å². The molecule has 0 atom stereocenters. The van der Waals surface area contributed by atoms with Crippen molar-refractivity contribution in [1.82, 2.24) is 0 Å². The zero-order valence-electron chi connectivity index (χ0n) is 11.7. The number of hydrogen-bond acceptors (Lipinski definition) is 1. The topological polar surface area (TPSA) is 12.0 Å². The molecule has 4 heteroatoms. The lowest BCUT2D eigenvalue weighted by Gasteiger charge is -2.13. The fourth-order valence-electron chi connectivity index (χ4n) is 2.11. The van der Waals surface area contributed by atoms with E-state index in [1.54, 1.807) is 0 Å². The molecule has 1 N–H and O–H groups in total. The summed E-state index contributed by atoms with van der Waals surface area (Å²) in [5.74, 6) is -1.36. The lowest BCUT2D eigenvalue weighted by atomic mass is 10.0. The van der Waals surface area contributed by atoms with Gasteiger partial charge in [0.25, 0.3) is 0 Å². The first-order valence-corrected chi connectivity index (χ1v) is 6.71. The molecule has 0 aromatic heterocycles. The summed E-state index contributed by atoms with van der Waals surface area (Å²) in [4.78, 5) is 0. The van der Waals surface area contributed by atoms with Crippen molar-refractivity contribution in [1.29, 1.82) is 0 Å². The predicted molar refractivity (Wildman–Crippen MR) is 79.3 cm³/mol.